The molecule has 66 valence electrons. The third-order valence-electron chi connectivity index (χ3n) is 2.60. The molecule has 0 radical (unpaired) electrons. The molecule has 0 aliphatic heterocycles. The third kappa shape index (κ3) is 1.21. The predicted molar refractivity (Wildman–Crippen MR) is 56.0 cm³/mol. The fourth-order valence-corrected chi connectivity index (χ4v) is 1.72. The first kappa shape index (κ1) is 8.24. The monoisotopic (exact) mass is 171 g/mol. The van der Waals surface area contributed by atoms with E-state index in [2.05, 4.69) is 50.0 Å². The van der Waals surface area contributed by atoms with Gasteiger partial charge in [-0.05, 0) is 31.7 Å². The zero-order chi connectivity index (χ0) is 9.42. The second-order valence-electron chi connectivity index (χ2n) is 3.45. The van der Waals surface area contributed by atoms with E-state index < -0.39 is 0 Å². The van der Waals surface area contributed by atoms with Crippen molar-refractivity contribution in [1.29, 1.82) is 0 Å². The van der Waals surface area contributed by atoms with Crippen molar-refractivity contribution in [3.63, 3.8) is 0 Å². The van der Waals surface area contributed by atoms with E-state index in [1.807, 2.05) is 0 Å². The molecule has 0 N–H and O–H groups in total. The third-order valence-corrected chi connectivity index (χ3v) is 2.60. The summed E-state index contributed by atoms with van der Waals surface area (Å²) in [6.07, 6.45) is 0. The van der Waals surface area contributed by atoms with Gasteiger partial charge < -0.3 is 0 Å². The fourth-order valence-electron chi connectivity index (χ4n) is 1.72. The van der Waals surface area contributed by atoms with Gasteiger partial charge in [-0.1, -0.05) is 24.3 Å². The molecule has 0 aliphatic carbocycles. The van der Waals surface area contributed by atoms with Crippen molar-refractivity contribution < 1.29 is 0 Å². The first-order valence-electron chi connectivity index (χ1n) is 4.52. The minimum Gasteiger partial charge on any atom is -0.258 e. The lowest BCUT2D eigenvalue weighted by Gasteiger charge is -2.07. The van der Waals surface area contributed by atoms with Gasteiger partial charge in [0.2, 0.25) is 0 Å². The van der Waals surface area contributed by atoms with Crippen LogP contribution in [0, 0.1) is 20.8 Å². The van der Waals surface area contributed by atoms with Gasteiger partial charge in [0.05, 0.1) is 0 Å². The first-order chi connectivity index (χ1) is 6.20. The summed E-state index contributed by atoms with van der Waals surface area (Å²) in [6, 6.07) is 8.43. The van der Waals surface area contributed by atoms with E-state index in [1.165, 1.54) is 16.3 Å². The molecule has 0 spiro atoms. The lowest BCUT2D eigenvalue weighted by atomic mass is 10.0. The summed E-state index contributed by atoms with van der Waals surface area (Å²) in [5.74, 6) is 0. The van der Waals surface area contributed by atoms with E-state index in [4.69, 9.17) is 0 Å². The smallest absolute Gasteiger partial charge is 0.0454 e. The van der Waals surface area contributed by atoms with Gasteiger partial charge in [-0.2, -0.15) is 0 Å². The molecule has 1 aromatic heterocycles. The maximum atomic E-state index is 4.50. The van der Waals surface area contributed by atoms with Crippen LogP contribution >= 0.6 is 0 Å². The standard InChI is InChI=1S/C12H13N/c1-8-9(2)13-10(3)12-7-5-4-6-11(8)12/h4-7H,1-3H3. The number of nitrogens with zero attached hydrogens (tertiary/aromatic N) is 1. The van der Waals surface area contributed by atoms with Crippen molar-refractivity contribution in [1.82, 2.24) is 4.98 Å². The summed E-state index contributed by atoms with van der Waals surface area (Å²) < 4.78 is 0. The van der Waals surface area contributed by atoms with Crippen LogP contribution < -0.4 is 0 Å². The molecule has 1 heteroatoms. The normalized spacial score (nSPS) is 10.7. The summed E-state index contributed by atoms with van der Waals surface area (Å²) in [7, 11) is 0. The molecule has 1 nitrogen and oxygen atoms in total. The molecule has 13 heavy (non-hydrogen) atoms. The van der Waals surface area contributed by atoms with Crippen LogP contribution in [0.1, 0.15) is 17.0 Å². The largest absolute Gasteiger partial charge is 0.258 e. The van der Waals surface area contributed by atoms with E-state index >= 15 is 0 Å². The molecule has 0 aliphatic rings. The number of hydrogen-bond acceptors (Lipinski definition) is 1. The summed E-state index contributed by atoms with van der Waals surface area (Å²) >= 11 is 0. The van der Waals surface area contributed by atoms with Crippen LogP contribution in [0.15, 0.2) is 24.3 Å². The molecule has 0 fully saturated rings. The quantitative estimate of drug-likeness (QED) is 0.593. The summed E-state index contributed by atoms with van der Waals surface area (Å²) in [4.78, 5) is 4.50. The zero-order valence-electron chi connectivity index (χ0n) is 8.26. The number of rotatable bonds is 0. The van der Waals surface area contributed by atoms with Crippen molar-refractivity contribution in [2.75, 3.05) is 0 Å². The molecule has 0 unspecified atom stereocenters. The summed E-state index contributed by atoms with van der Waals surface area (Å²) in [5.41, 5.74) is 3.55. The van der Waals surface area contributed by atoms with Crippen LogP contribution in [0.2, 0.25) is 0 Å². The Hall–Kier alpha value is -1.37. The van der Waals surface area contributed by atoms with E-state index in [-0.39, 0.29) is 0 Å². The van der Waals surface area contributed by atoms with E-state index in [0.717, 1.165) is 11.4 Å². The zero-order valence-corrected chi connectivity index (χ0v) is 8.26. The van der Waals surface area contributed by atoms with Crippen molar-refractivity contribution >= 4 is 10.8 Å². The topological polar surface area (TPSA) is 12.9 Å². The highest BCUT2D eigenvalue weighted by Gasteiger charge is 2.03. The SMILES string of the molecule is Cc1nc(C)c2ccccc2c1C. The highest BCUT2D eigenvalue weighted by molar-refractivity contribution is 5.87. The average molecular weight is 171 g/mol. The molecule has 0 bridgehead atoms. The molecule has 0 atom stereocenters. The van der Waals surface area contributed by atoms with E-state index in [0.29, 0.717) is 0 Å². The van der Waals surface area contributed by atoms with Crippen LogP contribution in [0.3, 0.4) is 0 Å². The lowest BCUT2D eigenvalue weighted by molar-refractivity contribution is 1.12. The predicted octanol–water partition coefficient (Wildman–Crippen LogP) is 3.16. The Morgan fingerprint density at radius 1 is 0.846 bits per heavy atom. The molecule has 0 saturated heterocycles. The van der Waals surface area contributed by atoms with Crippen molar-refractivity contribution in [3.05, 3.63) is 41.2 Å². The molecular formula is C12H13N. The number of fused-ring (bicyclic) bond motifs is 1. The second-order valence-corrected chi connectivity index (χ2v) is 3.45. The van der Waals surface area contributed by atoms with Gasteiger partial charge >= 0.3 is 0 Å². The highest BCUT2D eigenvalue weighted by Crippen LogP contribution is 2.21. The molecule has 2 aromatic rings. The molecule has 2 rings (SSSR count). The van der Waals surface area contributed by atoms with Crippen molar-refractivity contribution in [2.45, 2.75) is 20.8 Å². The van der Waals surface area contributed by atoms with E-state index in [1.54, 1.807) is 0 Å². The van der Waals surface area contributed by atoms with Gasteiger partial charge in [0.25, 0.3) is 0 Å². The Kier molecular flexibility index (Phi) is 1.80. The number of aromatic nitrogens is 1. The van der Waals surface area contributed by atoms with Gasteiger partial charge in [0.15, 0.2) is 0 Å². The van der Waals surface area contributed by atoms with Crippen LogP contribution in [-0.4, -0.2) is 4.98 Å². The number of aryl methyl sites for hydroxylation is 3. The summed E-state index contributed by atoms with van der Waals surface area (Å²) in [5, 5.41) is 2.60. The molecule has 1 aromatic carbocycles. The fraction of sp³-hybridized carbons (Fsp3) is 0.250. The van der Waals surface area contributed by atoms with E-state index in [9.17, 15) is 0 Å². The number of hydrogen-bond donors (Lipinski definition) is 0. The molecule has 0 amide bonds. The highest BCUT2D eigenvalue weighted by atomic mass is 14.7. The lowest BCUT2D eigenvalue weighted by Crippen LogP contribution is -1.92. The van der Waals surface area contributed by atoms with Crippen LogP contribution in [0.4, 0.5) is 0 Å². The van der Waals surface area contributed by atoms with Gasteiger partial charge in [0.1, 0.15) is 0 Å². The van der Waals surface area contributed by atoms with Gasteiger partial charge in [-0.15, -0.1) is 0 Å². The van der Waals surface area contributed by atoms with Gasteiger partial charge in [-0.25, -0.2) is 0 Å². The van der Waals surface area contributed by atoms with Crippen LogP contribution in [-0.2, 0) is 0 Å². The maximum Gasteiger partial charge on any atom is 0.0454 e. The first-order valence-corrected chi connectivity index (χ1v) is 4.52. The van der Waals surface area contributed by atoms with Crippen molar-refractivity contribution in [2.24, 2.45) is 0 Å². The Morgan fingerprint density at radius 2 is 1.46 bits per heavy atom. The van der Waals surface area contributed by atoms with Gasteiger partial charge in [0, 0.05) is 16.8 Å². The van der Waals surface area contributed by atoms with Gasteiger partial charge in [-0.3, -0.25) is 4.98 Å². The Morgan fingerprint density at radius 3 is 2.15 bits per heavy atom. The molecular weight excluding hydrogens is 158 g/mol. The average Bonchev–Trinajstić information content (AvgIpc) is 2.15. The second kappa shape index (κ2) is 2.84. The Balaban J connectivity index is 2.97. The minimum absolute atomic E-state index is 1.12. The Labute approximate surface area is 78.4 Å². The maximum absolute atomic E-state index is 4.50. The molecule has 0 saturated carbocycles. The van der Waals surface area contributed by atoms with Crippen LogP contribution in [0.5, 0.6) is 0 Å². The van der Waals surface area contributed by atoms with Crippen LogP contribution in [0.25, 0.3) is 10.8 Å². The van der Waals surface area contributed by atoms with Crippen molar-refractivity contribution in [3.8, 4) is 0 Å². The summed E-state index contributed by atoms with van der Waals surface area (Å²) in [6.45, 7) is 6.26. The minimum atomic E-state index is 1.12. The number of benzene rings is 1. The number of pyridine rings is 1. The molecule has 1 heterocycles. The Bertz CT molecular complexity index is 458.